The van der Waals surface area contributed by atoms with Crippen LogP contribution in [0, 0.1) is 6.92 Å². The number of carbonyl (C=O) groups is 1. The highest BCUT2D eigenvalue weighted by Crippen LogP contribution is 2.24. The lowest BCUT2D eigenvalue weighted by molar-refractivity contribution is 0.102. The second-order valence-corrected chi connectivity index (χ2v) is 9.82. The third kappa shape index (κ3) is 4.55. The van der Waals surface area contributed by atoms with Crippen molar-refractivity contribution in [1.29, 1.82) is 0 Å². The molecule has 174 valence electrons. The highest BCUT2D eigenvalue weighted by molar-refractivity contribution is 7.92. The van der Waals surface area contributed by atoms with Crippen LogP contribution in [0.2, 0.25) is 0 Å². The number of nitrogens with one attached hydrogen (secondary N) is 2. The lowest BCUT2D eigenvalue weighted by Crippen LogP contribution is -2.29. The Morgan fingerprint density at radius 2 is 1.59 bits per heavy atom. The lowest BCUT2D eigenvalue weighted by atomic mass is 10.1. The molecular weight excluding hydrogens is 452 g/mol. The average Bonchev–Trinajstić information content (AvgIpc) is 2.82. The minimum Gasteiger partial charge on any atom is -0.321 e. The summed E-state index contributed by atoms with van der Waals surface area (Å²) in [4.78, 5) is 26.1. The predicted octanol–water partition coefficient (Wildman–Crippen LogP) is 4.34. The summed E-state index contributed by atoms with van der Waals surface area (Å²) in [7, 11) is -3.80. The third-order valence-corrected chi connectivity index (χ3v) is 6.71. The SMILES string of the molecule is Cc1ccc(NC(=O)c2nn(C(C)C)c(=O)c3ccccc23)cc1NS(=O)(=O)c1ccccc1. The molecule has 0 saturated carbocycles. The summed E-state index contributed by atoms with van der Waals surface area (Å²) in [5.41, 5.74) is 1.25. The molecule has 1 aromatic heterocycles. The zero-order valence-corrected chi connectivity index (χ0v) is 19.8. The summed E-state index contributed by atoms with van der Waals surface area (Å²) in [6.45, 7) is 5.40. The first-order chi connectivity index (χ1) is 16.2. The number of benzene rings is 3. The number of anilines is 2. The molecule has 0 radical (unpaired) electrons. The highest BCUT2D eigenvalue weighted by Gasteiger charge is 2.19. The minimum atomic E-state index is -3.80. The van der Waals surface area contributed by atoms with Gasteiger partial charge in [-0.15, -0.1) is 0 Å². The minimum absolute atomic E-state index is 0.107. The number of aromatic nitrogens is 2. The molecule has 2 N–H and O–H groups in total. The van der Waals surface area contributed by atoms with Crippen LogP contribution in [-0.2, 0) is 10.0 Å². The number of amides is 1. The van der Waals surface area contributed by atoms with Crippen molar-refractivity contribution >= 4 is 38.1 Å². The summed E-state index contributed by atoms with van der Waals surface area (Å²) in [6, 6.07) is 19.5. The van der Waals surface area contributed by atoms with Gasteiger partial charge in [0.25, 0.3) is 21.5 Å². The van der Waals surface area contributed by atoms with Crippen LogP contribution in [0.3, 0.4) is 0 Å². The van der Waals surface area contributed by atoms with Gasteiger partial charge in [-0.2, -0.15) is 5.10 Å². The van der Waals surface area contributed by atoms with Gasteiger partial charge in [0.15, 0.2) is 5.69 Å². The first-order valence-corrected chi connectivity index (χ1v) is 12.2. The molecule has 4 aromatic rings. The fraction of sp³-hybridized carbons (Fsp3) is 0.160. The van der Waals surface area contributed by atoms with Crippen molar-refractivity contribution in [3.8, 4) is 0 Å². The van der Waals surface area contributed by atoms with E-state index in [4.69, 9.17) is 0 Å². The molecular formula is C25H24N4O4S. The number of fused-ring (bicyclic) bond motifs is 1. The van der Waals surface area contributed by atoms with Crippen LogP contribution in [0.15, 0.2) is 82.5 Å². The van der Waals surface area contributed by atoms with Crippen LogP contribution >= 0.6 is 0 Å². The molecule has 3 aromatic carbocycles. The molecule has 8 nitrogen and oxygen atoms in total. The summed E-state index contributed by atoms with van der Waals surface area (Å²) in [6.07, 6.45) is 0. The molecule has 0 unspecified atom stereocenters. The largest absolute Gasteiger partial charge is 0.321 e. The number of sulfonamides is 1. The smallest absolute Gasteiger partial charge is 0.276 e. The van der Waals surface area contributed by atoms with Gasteiger partial charge in [0, 0.05) is 11.1 Å². The van der Waals surface area contributed by atoms with Gasteiger partial charge in [-0.05, 0) is 56.7 Å². The number of aryl methyl sites for hydroxylation is 1. The summed E-state index contributed by atoms with van der Waals surface area (Å²) in [5.74, 6) is -0.508. The molecule has 1 heterocycles. The van der Waals surface area contributed by atoms with Crippen LogP contribution in [0.25, 0.3) is 10.8 Å². The van der Waals surface area contributed by atoms with E-state index in [1.165, 1.54) is 16.8 Å². The van der Waals surface area contributed by atoms with E-state index in [1.54, 1.807) is 67.6 Å². The van der Waals surface area contributed by atoms with E-state index >= 15 is 0 Å². The van der Waals surface area contributed by atoms with E-state index in [2.05, 4.69) is 15.1 Å². The van der Waals surface area contributed by atoms with E-state index < -0.39 is 15.9 Å². The Balaban J connectivity index is 1.68. The van der Waals surface area contributed by atoms with Crippen LogP contribution in [-0.4, -0.2) is 24.1 Å². The Hall–Kier alpha value is -3.98. The van der Waals surface area contributed by atoms with Crippen molar-refractivity contribution in [2.24, 2.45) is 0 Å². The molecule has 0 spiro atoms. The molecule has 34 heavy (non-hydrogen) atoms. The monoisotopic (exact) mass is 476 g/mol. The number of rotatable bonds is 6. The Kier molecular flexibility index (Phi) is 6.21. The fourth-order valence-electron chi connectivity index (χ4n) is 3.53. The second kappa shape index (κ2) is 9.11. The molecule has 0 bridgehead atoms. The first-order valence-electron chi connectivity index (χ1n) is 10.7. The van der Waals surface area contributed by atoms with Crippen molar-refractivity contribution in [2.75, 3.05) is 10.0 Å². The lowest BCUT2D eigenvalue weighted by Gasteiger charge is -2.15. The Morgan fingerprint density at radius 1 is 0.941 bits per heavy atom. The third-order valence-electron chi connectivity index (χ3n) is 5.33. The Bertz CT molecular complexity index is 1540. The molecule has 9 heteroatoms. The quantitative estimate of drug-likeness (QED) is 0.430. The van der Waals surface area contributed by atoms with Gasteiger partial charge in [0.05, 0.1) is 22.0 Å². The van der Waals surface area contributed by atoms with Gasteiger partial charge in [0.1, 0.15) is 0 Å². The van der Waals surface area contributed by atoms with Gasteiger partial charge in [-0.1, -0.05) is 42.5 Å². The van der Waals surface area contributed by atoms with Crippen LogP contribution in [0.1, 0.15) is 35.9 Å². The molecule has 0 aliphatic heterocycles. The summed E-state index contributed by atoms with van der Waals surface area (Å²) < 4.78 is 29.4. The fourth-order valence-corrected chi connectivity index (χ4v) is 4.67. The van der Waals surface area contributed by atoms with Gasteiger partial charge in [-0.3, -0.25) is 14.3 Å². The number of nitrogens with zero attached hydrogens (tertiary/aromatic N) is 2. The van der Waals surface area contributed by atoms with Crippen molar-refractivity contribution in [3.63, 3.8) is 0 Å². The van der Waals surface area contributed by atoms with Crippen LogP contribution in [0.4, 0.5) is 11.4 Å². The molecule has 0 atom stereocenters. The zero-order chi connectivity index (χ0) is 24.5. The van der Waals surface area contributed by atoms with Crippen molar-refractivity contribution < 1.29 is 13.2 Å². The van der Waals surface area contributed by atoms with Crippen molar-refractivity contribution in [1.82, 2.24) is 9.78 Å². The zero-order valence-electron chi connectivity index (χ0n) is 18.9. The standard InChI is InChI=1S/C25H24N4O4S/c1-16(2)29-25(31)21-12-8-7-11-20(21)23(27-29)24(30)26-18-14-13-17(3)22(15-18)28-34(32,33)19-9-5-4-6-10-19/h4-16,28H,1-3H3,(H,26,30). The number of hydrogen-bond donors (Lipinski definition) is 2. The maximum Gasteiger partial charge on any atom is 0.276 e. The van der Waals surface area contributed by atoms with E-state index in [1.807, 2.05) is 13.8 Å². The second-order valence-electron chi connectivity index (χ2n) is 8.14. The maximum atomic E-state index is 13.2. The van der Waals surface area contributed by atoms with Gasteiger partial charge in [-0.25, -0.2) is 13.1 Å². The topological polar surface area (TPSA) is 110 Å². The molecule has 4 rings (SSSR count). The van der Waals surface area contributed by atoms with E-state index in [9.17, 15) is 18.0 Å². The van der Waals surface area contributed by atoms with Crippen LogP contribution in [0.5, 0.6) is 0 Å². The van der Waals surface area contributed by atoms with Gasteiger partial charge in [0.2, 0.25) is 0 Å². The Morgan fingerprint density at radius 3 is 2.26 bits per heavy atom. The number of hydrogen-bond acceptors (Lipinski definition) is 5. The summed E-state index contributed by atoms with van der Waals surface area (Å²) in [5, 5.41) is 7.94. The van der Waals surface area contributed by atoms with E-state index in [0.29, 0.717) is 27.7 Å². The van der Waals surface area contributed by atoms with Crippen molar-refractivity contribution in [2.45, 2.75) is 31.7 Å². The van der Waals surface area contributed by atoms with E-state index in [-0.39, 0.29) is 22.2 Å². The predicted molar refractivity (Wildman–Crippen MR) is 133 cm³/mol. The number of carbonyl (C=O) groups excluding carboxylic acids is 1. The Labute approximate surface area is 197 Å². The molecule has 1 amide bonds. The molecule has 0 aliphatic carbocycles. The molecule has 0 saturated heterocycles. The maximum absolute atomic E-state index is 13.2. The molecule has 0 aliphatic rings. The highest BCUT2D eigenvalue weighted by atomic mass is 32.2. The van der Waals surface area contributed by atoms with Crippen LogP contribution < -0.4 is 15.6 Å². The summed E-state index contributed by atoms with van der Waals surface area (Å²) >= 11 is 0. The van der Waals surface area contributed by atoms with Gasteiger partial charge >= 0.3 is 0 Å². The molecule has 0 fully saturated rings. The first kappa shape index (κ1) is 23.2. The van der Waals surface area contributed by atoms with E-state index in [0.717, 1.165) is 0 Å². The van der Waals surface area contributed by atoms with Gasteiger partial charge < -0.3 is 5.32 Å². The average molecular weight is 477 g/mol. The van der Waals surface area contributed by atoms with Crippen molar-refractivity contribution in [3.05, 3.63) is 94.4 Å². The normalized spacial score (nSPS) is 11.5.